The van der Waals surface area contributed by atoms with Gasteiger partial charge in [-0.15, -0.1) is 0 Å². The molecule has 0 unspecified atom stereocenters. The summed E-state index contributed by atoms with van der Waals surface area (Å²) in [6, 6.07) is 13.6. The lowest BCUT2D eigenvalue weighted by molar-refractivity contribution is -0.0255. The third kappa shape index (κ3) is 3.58. The van der Waals surface area contributed by atoms with Crippen molar-refractivity contribution in [3.8, 4) is 0 Å². The van der Waals surface area contributed by atoms with Gasteiger partial charge in [-0.1, -0.05) is 42.6 Å². The van der Waals surface area contributed by atoms with Gasteiger partial charge in [0.25, 0.3) is 0 Å². The van der Waals surface area contributed by atoms with Crippen molar-refractivity contribution in [2.75, 3.05) is 32.8 Å². The van der Waals surface area contributed by atoms with Crippen molar-refractivity contribution < 1.29 is 9.50 Å². The Bertz CT molecular complexity index is 897. The zero-order chi connectivity index (χ0) is 20.7. The van der Waals surface area contributed by atoms with Gasteiger partial charge in [-0.3, -0.25) is 9.80 Å². The Morgan fingerprint density at radius 3 is 2.53 bits per heavy atom. The number of nitrogens with zero attached hydrogens (tertiary/aromatic N) is 2. The molecule has 2 aromatic rings. The lowest BCUT2D eigenvalue weighted by Crippen LogP contribution is -2.61. The zero-order valence-electron chi connectivity index (χ0n) is 17.4. The van der Waals surface area contributed by atoms with Crippen molar-refractivity contribution in [2.45, 2.75) is 49.6 Å². The zero-order valence-corrected chi connectivity index (χ0v) is 18.1. The van der Waals surface area contributed by atoms with Crippen molar-refractivity contribution in [3.05, 3.63) is 70.0 Å². The summed E-state index contributed by atoms with van der Waals surface area (Å²) < 4.78 is 13.5. The molecule has 3 aliphatic rings. The number of β-amino-alcohol motifs (C(OH)–C–C–N with tert-alkyl or cyclic N) is 1. The van der Waals surface area contributed by atoms with Crippen LogP contribution < -0.4 is 0 Å². The molecule has 0 bridgehead atoms. The lowest BCUT2D eigenvalue weighted by Gasteiger charge is -2.51. The smallest absolute Gasteiger partial charge is 0.123 e. The van der Waals surface area contributed by atoms with E-state index in [1.54, 1.807) is 12.1 Å². The van der Waals surface area contributed by atoms with Gasteiger partial charge in [0.2, 0.25) is 0 Å². The quantitative estimate of drug-likeness (QED) is 0.744. The molecule has 0 radical (unpaired) electrons. The van der Waals surface area contributed by atoms with Gasteiger partial charge in [0, 0.05) is 48.7 Å². The maximum absolute atomic E-state index is 13.5. The van der Waals surface area contributed by atoms with E-state index < -0.39 is 0 Å². The maximum Gasteiger partial charge on any atom is 0.123 e. The first-order valence-electron chi connectivity index (χ1n) is 11.2. The maximum atomic E-state index is 13.5. The van der Waals surface area contributed by atoms with E-state index in [1.165, 1.54) is 42.4 Å². The third-order valence-electron chi connectivity index (χ3n) is 7.68. The summed E-state index contributed by atoms with van der Waals surface area (Å²) in [6.45, 7) is 4.08. The monoisotopic (exact) mass is 428 g/mol. The predicted molar refractivity (Wildman–Crippen MR) is 118 cm³/mol. The molecule has 5 heteroatoms. The van der Waals surface area contributed by atoms with E-state index in [9.17, 15) is 9.50 Å². The molecule has 1 spiro atoms. The molecule has 160 valence electrons. The first-order valence-corrected chi connectivity index (χ1v) is 11.6. The van der Waals surface area contributed by atoms with E-state index in [-0.39, 0.29) is 23.9 Å². The molecule has 2 atom stereocenters. The summed E-state index contributed by atoms with van der Waals surface area (Å²) in [5.74, 6) is 0.0886. The van der Waals surface area contributed by atoms with Crippen LogP contribution in [0.4, 0.5) is 4.39 Å². The van der Waals surface area contributed by atoms with Gasteiger partial charge in [-0.25, -0.2) is 4.39 Å². The Labute approximate surface area is 183 Å². The first-order chi connectivity index (χ1) is 14.6. The summed E-state index contributed by atoms with van der Waals surface area (Å²) in [7, 11) is 0. The third-order valence-corrected chi connectivity index (χ3v) is 7.92. The highest BCUT2D eigenvalue weighted by atomic mass is 35.5. The number of benzene rings is 2. The standard InChI is InChI=1S/C25H30ClFN2O/c26-19-5-8-21-22(18-3-6-20(27)7-4-18)16-24(23(21)15-19)28-11-12-29(13-14-30)25(17-28)9-1-2-10-25/h3-8,15,22,24,30H,1-2,9-14,16-17H2/t22-,24+/m0/s1. The number of fused-ring (bicyclic) bond motifs is 1. The van der Waals surface area contributed by atoms with E-state index >= 15 is 0 Å². The van der Waals surface area contributed by atoms with Crippen LogP contribution in [0.3, 0.4) is 0 Å². The molecule has 5 rings (SSSR count). The predicted octanol–water partition coefficient (Wildman–Crippen LogP) is 4.98. The summed E-state index contributed by atoms with van der Waals surface area (Å²) in [5, 5.41) is 10.4. The minimum atomic E-state index is -0.187. The fraction of sp³-hybridized carbons (Fsp3) is 0.520. The van der Waals surface area contributed by atoms with Crippen LogP contribution in [0, 0.1) is 5.82 Å². The molecule has 0 amide bonds. The number of halogens is 2. The Kier molecular flexibility index (Phi) is 5.61. The molecule has 2 aliphatic carbocycles. The number of piperazine rings is 1. The van der Waals surface area contributed by atoms with Gasteiger partial charge >= 0.3 is 0 Å². The Balaban J connectivity index is 1.46. The fourth-order valence-electron chi connectivity index (χ4n) is 6.27. The molecular formula is C25H30ClFN2O. The Hall–Kier alpha value is -1.46. The summed E-state index contributed by atoms with van der Waals surface area (Å²) in [4.78, 5) is 5.21. The Morgan fingerprint density at radius 1 is 1.03 bits per heavy atom. The molecule has 3 nitrogen and oxygen atoms in total. The normalized spacial score (nSPS) is 26.4. The SMILES string of the molecule is OCCN1CCN([C@@H]2C[C@@H](c3ccc(F)cc3)c3ccc(Cl)cc32)CC12CCCC2. The van der Waals surface area contributed by atoms with Crippen LogP contribution in [0.2, 0.25) is 5.02 Å². The summed E-state index contributed by atoms with van der Waals surface area (Å²) >= 11 is 6.42. The van der Waals surface area contributed by atoms with Gasteiger partial charge in [-0.05, 0) is 60.2 Å². The highest BCUT2D eigenvalue weighted by Gasteiger charge is 2.46. The molecule has 1 heterocycles. The average Bonchev–Trinajstić information content (AvgIpc) is 3.35. The van der Waals surface area contributed by atoms with Crippen molar-refractivity contribution in [1.82, 2.24) is 9.80 Å². The van der Waals surface area contributed by atoms with Crippen LogP contribution in [-0.2, 0) is 0 Å². The molecule has 1 saturated carbocycles. The Morgan fingerprint density at radius 2 is 1.80 bits per heavy atom. The van der Waals surface area contributed by atoms with Crippen LogP contribution in [0.25, 0.3) is 0 Å². The second kappa shape index (κ2) is 8.23. The van der Waals surface area contributed by atoms with E-state index in [2.05, 4.69) is 21.9 Å². The molecule has 0 aromatic heterocycles. The number of rotatable bonds is 4. The largest absolute Gasteiger partial charge is 0.395 e. The van der Waals surface area contributed by atoms with E-state index in [4.69, 9.17) is 11.6 Å². The summed E-state index contributed by atoms with van der Waals surface area (Å²) in [6.07, 6.45) is 6.01. The van der Waals surface area contributed by atoms with Crippen LogP contribution in [0.5, 0.6) is 0 Å². The minimum Gasteiger partial charge on any atom is -0.395 e. The first kappa shape index (κ1) is 20.4. The number of aliphatic hydroxyl groups is 1. The van der Waals surface area contributed by atoms with Crippen LogP contribution in [0.15, 0.2) is 42.5 Å². The second-order valence-corrected chi connectivity index (χ2v) is 9.68. The minimum absolute atomic E-state index is 0.187. The topological polar surface area (TPSA) is 26.7 Å². The van der Waals surface area contributed by atoms with Crippen LogP contribution >= 0.6 is 11.6 Å². The second-order valence-electron chi connectivity index (χ2n) is 9.24. The van der Waals surface area contributed by atoms with E-state index in [0.717, 1.165) is 37.6 Å². The molecule has 1 aliphatic heterocycles. The van der Waals surface area contributed by atoms with Crippen molar-refractivity contribution in [3.63, 3.8) is 0 Å². The lowest BCUT2D eigenvalue weighted by atomic mass is 9.89. The molecule has 2 fully saturated rings. The number of hydrogen-bond donors (Lipinski definition) is 1. The highest BCUT2D eigenvalue weighted by molar-refractivity contribution is 6.30. The number of aliphatic hydroxyl groups excluding tert-OH is 1. The van der Waals surface area contributed by atoms with Gasteiger partial charge in [-0.2, -0.15) is 0 Å². The van der Waals surface area contributed by atoms with Gasteiger partial charge < -0.3 is 5.11 Å². The summed E-state index contributed by atoms with van der Waals surface area (Å²) in [5.41, 5.74) is 4.04. The molecule has 30 heavy (non-hydrogen) atoms. The highest BCUT2D eigenvalue weighted by Crippen LogP contribution is 2.49. The van der Waals surface area contributed by atoms with Gasteiger partial charge in [0.15, 0.2) is 0 Å². The number of hydrogen-bond acceptors (Lipinski definition) is 3. The van der Waals surface area contributed by atoms with Crippen LogP contribution in [-0.4, -0.2) is 53.2 Å². The average molecular weight is 429 g/mol. The molecule has 1 saturated heterocycles. The van der Waals surface area contributed by atoms with E-state index in [1.807, 2.05) is 18.2 Å². The van der Waals surface area contributed by atoms with Crippen molar-refractivity contribution in [1.29, 1.82) is 0 Å². The van der Waals surface area contributed by atoms with Gasteiger partial charge in [0.1, 0.15) is 5.82 Å². The van der Waals surface area contributed by atoms with Crippen molar-refractivity contribution in [2.24, 2.45) is 0 Å². The molecular weight excluding hydrogens is 399 g/mol. The van der Waals surface area contributed by atoms with Gasteiger partial charge in [0.05, 0.1) is 6.61 Å². The fourth-order valence-corrected chi connectivity index (χ4v) is 6.45. The van der Waals surface area contributed by atoms with Crippen LogP contribution in [0.1, 0.15) is 60.8 Å². The van der Waals surface area contributed by atoms with Crippen molar-refractivity contribution >= 4 is 11.6 Å². The molecule has 2 aromatic carbocycles. The van der Waals surface area contributed by atoms with E-state index in [0.29, 0.717) is 6.04 Å². The molecule has 1 N–H and O–H groups in total.